The summed E-state index contributed by atoms with van der Waals surface area (Å²) in [6.07, 6.45) is 0.952. The fourth-order valence-corrected chi connectivity index (χ4v) is 3.23. The standard InChI is InChI=1S/C17H22ClN3O3/c1-10(2)12-6-7-13(18)16-15(12)20(4)17(24)21(16)11(3)5-8-14(23)19-9-22/h6-7,9-11H,5,8H2,1-4H3,(H,19,22,23). The van der Waals surface area contributed by atoms with Gasteiger partial charge in [0.05, 0.1) is 16.1 Å². The number of rotatable bonds is 6. The zero-order chi connectivity index (χ0) is 18.0. The van der Waals surface area contributed by atoms with Crippen LogP contribution in [0.2, 0.25) is 5.02 Å². The summed E-state index contributed by atoms with van der Waals surface area (Å²) in [6, 6.07) is 3.53. The molecule has 1 N–H and O–H groups in total. The lowest BCUT2D eigenvalue weighted by molar-refractivity contribution is -0.125. The summed E-state index contributed by atoms with van der Waals surface area (Å²) in [7, 11) is 1.73. The van der Waals surface area contributed by atoms with Gasteiger partial charge in [-0.1, -0.05) is 31.5 Å². The summed E-state index contributed by atoms with van der Waals surface area (Å²) >= 11 is 6.38. The highest BCUT2D eigenvalue weighted by Gasteiger charge is 2.21. The lowest BCUT2D eigenvalue weighted by atomic mass is 10.0. The molecule has 0 spiro atoms. The van der Waals surface area contributed by atoms with Gasteiger partial charge in [-0.3, -0.25) is 24.0 Å². The van der Waals surface area contributed by atoms with Crippen LogP contribution in [0.15, 0.2) is 16.9 Å². The number of carbonyl (C=O) groups is 2. The number of hydrogen-bond donors (Lipinski definition) is 1. The van der Waals surface area contributed by atoms with Crippen molar-refractivity contribution in [3.63, 3.8) is 0 Å². The number of hydrogen-bond acceptors (Lipinski definition) is 3. The van der Waals surface area contributed by atoms with Gasteiger partial charge in [-0.2, -0.15) is 0 Å². The number of nitrogens with zero attached hydrogens (tertiary/aromatic N) is 2. The molecule has 0 radical (unpaired) electrons. The zero-order valence-electron chi connectivity index (χ0n) is 14.3. The largest absolute Gasteiger partial charge is 0.329 e. The molecule has 6 nitrogen and oxygen atoms in total. The Hall–Kier alpha value is -2.08. The van der Waals surface area contributed by atoms with Crippen molar-refractivity contribution in [1.29, 1.82) is 0 Å². The van der Waals surface area contributed by atoms with Crippen molar-refractivity contribution in [1.82, 2.24) is 14.5 Å². The maximum Gasteiger partial charge on any atom is 0.329 e. The molecule has 1 unspecified atom stereocenters. The van der Waals surface area contributed by atoms with Gasteiger partial charge in [0.15, 0.2) is 0 Å². The third-order valence-corrected chi connectivity index (χ3v) is 4.58. The zero-order valence-corrected chi connectivity index (χ0v) is 15.1. The lowest BCUT2D eigenvalue weighted by Gasteiger charge is -2.15. The minimum Gasteiger partial charge on any atom is -0.299 e. The summed E-state index contributed by atoms with van der Waals surface area (Å²) < 4.78 is 3.25. The van der Waals surface area contributed by atoms with Crippen LogP contribution < -0.4 is 11.0 Å². The van der Waals surface area contributed by atoms with Crippen LogP contribution in [0.5, 0.6) is 0 Å². The highest BCUT2D eigenvalue weighted by molar-refractivity contribution is 6.35. The van der Waals surface area contributed by atoms with Gasteiger partial charge in [-0.15, -0.1) is 0 Å². The van der Waals surface area contributed by atoms with E-state index in [1.165, 1.54) is 0 Å². The second-order valence-corrected chi connectivity index (χ2v) is 6.68. The van der Waals surface area contributed by atoms with Crippen LogP contribution in [0.3, 0.4) is 0 Å². The van der Waals surface area contributed by atoms with Crippen molar-refractivity contribution >= 4 is 35.0 Å². The fraction of sp³-hybridized carbons (Fsp3) is 0.471. The first-order chi connectivity index (χ1) is 11.3. The average Bonchev–Trinajstić information content (AvgIpc) is 2.79. The Balaban J connectivity index is 2.53. The van der Waals surface area contributed by atoms with Crippen molar-refractivity contribution in [3.05, 3.63) is 33.2 Å². The summed E-state index contributed by atoms with van der Waals surface area (Å²) in [5.74, 6) is -0.112. The van der Waals surface area contributed by atoms with Crippen molar-refractivity contribution in [2.24, 2.45) is 7.05 Å². The number of nitrogens with one attached hydrogen (secondary N) is 1. The summed E-state index contributed by atoms with van der Waals surface area (Å²) in [5, 5.41) is 2.62. The smallest absolute Gasteiger partial charge is 0.299 e. The van der Waals surface area contributed by atoms with Crippen LogP contribution in [-0.2, 0) is 16.6 Å². The molecule has 0 aliphatic rings. The number of fused-ring (bicyclic) bond motifs is 1. The van der Waals surface area contributed by atoms with Gasteiger partial charge in [0.25, 0.3) is 0 Å². The number of benzene rings is 1. The average molecular weight is 352 g/mol. The van der Waals surface area contributed by atoms with Gasteiger partial charge >= 0.3 is 5.69 Å². The minimum atomic E-state index is -0.362. The normalized spacial score (nSPS) is 12.6. The maximum atomic E-state index is 12.7. The first-order valence-electron chi connectivity index (χ1n) is 7.91. The summed E-state index contributed by atoms with van der Waals surface area (Å²) in [4.78, 5) is 34.5. The second kappa shape index (κ2) is 7.21. The maximum absolute atomic E-state index is 12.7. The Morgan fingerprint density at radius 2 is 1.96 bits per heavy atom. The van der Waals surface area contributed by atoms with E-state index < -0.39 is 0 Å². The highest BCUT2D eigenvalue weighted by atomic mass is 35.5. The molecule has 0 saturated carbocycles. The molecule has 130 valence electrons. The number of imidazole rings is 1. The van der Waals surface area contributed by atoms with E-state index >= 15 is 0 Å². The molecule has 0 fully saturated rings. The van der Waals surface area contributed by atoms with E-state index in [0.717, 1.165) is 11.1 Å². The van der Waals surface area contributed by atoms with Crippen molar-refractivity contribution in [2.45, 2.75) is 45.6 Å². The lowest BCUT2D eigenvalue weighted by Crippen LogP contribution is -2.27. The number of aryl methyl sites for hydroxylation is 1. The monoisotopic (exact) mass is 351 g/mol. The Morgan fingerprint density at radius 3 is 2.54 bits per heavy atom. The Labute approximate surface area is 145 Å². The molecule has 1 heterocycles. The van der Waals surface area contributed by atoms with Crippen LogP contribution in [0, 0.1) is 0 Å². The number of imide groups is 1. The molecule has 7 heteroatoms. The van der Waals surface area contributed by atoms with Gasteiger partial charge in [0, 0.05) is 19.5 Å². The number of aromatic nitrogens is 2. The molecule has 1 aromatic heterocycles. The third-order valence-electron chi connectivity index (χ3n) is 4.27. The number of amides is 2. The minimum absolute atomic E-state index is 0.157. The fourth-order valence-electron chi connectivity index (χ4n) is 2.99. The topological polar surface area (TPSA) is 73.1 Å². The SMILES string of the molecule is CC(C)c1ccc(Cl)c2c1n(C)c(=O)n2C(C)CCC(=O)NC=O. The quantitative estimate of drug-likeness (QED) is 0.813. The molecule has 2 aromatic rings. The Bertz CT molecular complexity index is 836. The van der Waals surface area contributed by atoms with E-state index in [1.807, 2.05) is 13.0 Å². The van der Waals surface area contributed by atoms with Gasteiger partial charge in [0.2, 0.25) is 12.3 Å². The van der Waals surface area contributed by atoms with Gasteiger partial charge < -0.3 is 0 Å². The van der Waals surface area contributed by atoms with E-state index in [4.69, 9.17) is 11.6 Å². The van der Waals surface area contributed by atoms with Crippen LogP contribution in [0.1, 0.15) is 51.1 Å². The van der Waals surface area contributed by atoms with Crippen LogP contribution in [-0.4, -0.2) is 21.5 Å². The molecule has 0 bridgehead atoms. The number of carbonyl (C=O) groups excluding carboxylic acids is 2. The summed E-state index contributed by atoms with van der Waals surface area (Å²) in [5.41, 5.74) is 2.41. The van der Waals surface area contributed by atoms with E-state index in [0.29, 0.717) is 23.4 Å². The van der Waals surface area contributed by atoms with Gasteiger partial charge in [-0.05, 0) is 30.9 Å². The molecule has 2 amide bonds. The van der Waals surface area contributed by atoms with Crippen molar-refractivity contribution < 1.29 is 9.59 Å². The Kier molecular flexibility index (Phi) is 5.49. The molecule has 24 heavy (non-hydrogen) atoms. The molecule has 0 aliphatic heterocycles. The molecule has 1 aromatic carbocycles. The van der Waals surface area contributed by atoms with E-state index in [1.54, 1.807) is 22.2 Å². The first-order valence-corrected chi connectivity index (χ1v) is 8.29. The molecule has 1 atom stereocenters. The third kappa shape index (κ3) is 3.24. The van der Waals surface area contributed by atoms with E-state index in [-0.39, 0.29) is 30.0 Å². The second-order valence-electron chi connectivity index (χ2n) is 6.27. The van der Waals surface area contributed by atoms with Crippen LogP contribution in [0.4, 0.5) is 0 Å². The molecular formula is C17H22ClN3O3. The van der Waals surface area contributed by atoms with E-state index in [2.05, 4.69) is 19.2 Å². The van der Waals surface area contributed by atoms with Crippen molar-refractivity contribution in [3.8, 4) is 0 Å². The Morgan fingerprint density at radius 1 is 1.29 bits per heavy atom. The molecular weight excluding hydrogens is 330 g/mol. The first kappa shape index (κ1) is 18.3. The molecule has 2 rings (SSSR count). The van der Waals surface area contributed by atoms with E-state index in [9.17, 15) is 14.4 Å². The van der Waals surface area contributed by atoms with Gasteiger partial charge in [-0.25, -0.2) is 4.79 Å². The number of halogens is 1. The molecule has 0 aliphatic carbocycles. The highest BCUT2D eigenvalue weighted by Crippen LogP contribution is 2.32. The van der Waals surface area contributed by atoms with Crippen LogP contribution >= 0.6 is 11.6 Å². The molecule has 0 saturated heterocycles. The predicted octanol–water partition coefficient (Wildman–Crippen LogP) is 2.73. The summed E-state index contributed by atoms with van der Waals surface area (Å²) in [6.45, 7) is 6.00. The van der Waals surface area contributed by atoms with Gasteiger partial charge in [0.1, 0.15) is 0 Å². The van der Waals surface area contributed by atoms with Crippen LogP contribution in [0.25, 0.3) is 11.0 Å². The van der Waals surface area contributed by atoms with Crippen molar-refractivity contribution in [2.75, 3.05) is 0 Å². The predicted molar refractivity (Wildman–Crippen MR) is 94.4 cm³/mol.